The highest BCUT2D eigenvalue weighted by Crippen LogP contribution is 2.10. The van der Waals surface area contributed by atoms with Crippen LogP contribution in [0.25, 0.3) is 0 Å². The van der Waals surface area contributed by atoms with Crippen LogP contribution in [0.5, 0.6) is 0 Å². The van der Waals surface area contributed by atoms with E-state index in [-0.39, 0.29) is 11.7 Å². The highest BCUT2D eigenvalue weighted by molar-refractivity contribution is 5.74. The van der Waals surface area contributed by atoms with Gasteiger partial charge in [-0.2, -0.15) is 5.10 Å². The van der Waals surface area contributed by atoms with Crippen LogP contribution in [0.4, 0.5) is 10.5 Å². The van der Waals surface area contributed by atoms with Crippen LogP contribution in [0.2, 0.25) is 0 Å². The Morgan fingerprint density at radius 2 is 1.95 bits per heavy atom. The van der Waals surface area contributed by atoms with Crippen LogP contribution in [0.15, 0.2) is 12.4 Å². The minimum atomic E-state index is -0.454. The molecule has 1 aromatic rings. The number of nitro groups is 1. The van der Waals surface area contributed by atoms with E-state index in [9.17, 15) is 14.9 Å². The Kier molecular flexibility index (Phi) is 5.31. The predicted molar refractivity (Wildman–Crippen MR) is 80.3 cm³/mol. The van der Waals surface area contributed by atoms with Crippen molar-refractivity contribution in [2.45, 2.75) is 20.5 Å². The summed E-state index contributed by atoms with van der Waals surface area (Å²) in [5.74, 6) is 0. The van der Waals surface area contributed by atoms with Gasteiger partial charge in [-0.1, -0.05) is 0 Å². The minimum Gasteiger partial charge on any atom is -0.325 e. The van der Waals surface area contributed by atoms with Crippen LogP contribution < -0.4 is 0 Å². The number of carbonyl (C=O) groups excluding carboxylic acids is 1. The number of amides is 2. The fraction of sp³-hybridized carbons (Fsp3) is 0.692. The summed E-state index contributed by atoms with van der Waals surface area (Å²) in [6.45, 7) is 8.68. The Labute approximate surface area is 129 Å². The highest BCUT2D eigenvalue weighted by Gasteiger charge is 2.24. The summed E-state index contributed by atoms with van der Waals surface area (Å²) >= 11 is 0. The molecule has 1 aliphatic rings. The number of rotatable bonds is 5. The number of hydrogen-bond acceptors (Lipinski definition) is 5. The van der Waals surface area contributed by atoms with Crippen molar-refractivity contribution in [1.82, 2.24) is 24.5 Å². The number of nitrogens with zero attached hydrogens (tertiary/aromatic N) is 6. The van der Waals surface area contributed by atoms with Crippen LogP contribution in [0, 0.1) is 10.1 Å². The molecule has 122 valence electrons. The van der Waals surface area contributed by atoms with Crippen molar-refractivity contribution in [3.05, 3.63) is 22.5 Å². The van der Waals surface area contributed by atoms with Crippen molar-refractivity contribution in [3.63, 3.8) is 0 Å². The fourth-order valence-electron chi connectivity index (χ4n) is 2.50. The van der Waals surface area contributed by atoms with Crippen molar-refractivity contribution in [1.29, 1.82) is 0 Å². The Morgan fingerprint density at radius 3 is 2.45 bits per heavy atom. The zero-order valence-electron chi connectivity index (χ0n) is 13.0. The van der Waals surface area contributed by atoms with E-state index < -0.39 is 4.92 Å². The predicted octanol–water partition coefficient (Wildman–Crippen LogP) is 0.828. The minimum absolute atomic E-state index is 0.00431. The van der Waals surface area contributed by atoms with Crippen molar-refractivity contribution in [3.8, 4) is 0 Å². The van der Waals surface area contributed by atoms with Gasteiger partial charge < -0.3 is 9.80 Å². The van der Waals surface area contributed by atoms with E-state index >= 15 is 0 Å². The van der Waals surface area contributed by atoms with Crippen LogP contribution in [0.3, 0.4) is 0 Å². The van der Waals surface area contributed by atoms with Gasteiger partial charge >= 0.3 is 11.7 Å². The quantitative estimate of drug-likeness (QED) is 0.594. The first kappa shape index (κ1) is 16.2. The van der Waals surface area contributed by atoms with E-state index in [1.165, 1.54) is 12.4 Å². The molecular formula is C13H22N6O3. The third kappa shape index (κ3) is 3.73. The maximum absolute atomic E-state index is 12.2. The summed E-state index contributed by atoms with van der Waals surface area (Å²) in [5, 5.41) is 14.6. The Bertz CT molecular complexity index is 520. The molecule has 0 N–H and O–H groups in total. The fourth-order valence-corrected chi connectivity index (χ4v) is 2.50. The lowest BCUT2D eigenvalue weighted by molar-refractivity contribution is -0.385. The topological polar surface area (TPSA) is 87.8 Å². The largest absolute Gasteiger partial charge is 0.325 e. The molecule has 0 unspecified atom stereocenters. The summed E-state index contributed by atoms with van der Waals surface area (Å²) < 4.78 is 1.56. The van der Waals surface area contributed by atoms with Crippen molar-refractivity contribution < 1.29 is 9.72 Å². The lowest BCUT2D eigenvalue weighted by atomic mass is 10.3. The van der Waals surface area contributed by atoms with E-state index in [1.807, 2.05) is 23.6 Å². The van der Waals surface area contributed by atoms with Crippen molar-refractivity contribution in [2.24, 2.45) is 0 Å². The molecule has 0 aliphatic carbocycles. The summed E-state index contributed by atoms with van der Waals surface area (Å²) in [6.07, 6.45) is 2.67. The van der Waals surface area contributed by atoms with E-state index in [0.717, 1.165) is 13.1 Å². The molecule has 0 saturated carbocycles. The lowest BCUT2D eigenvalue weighted by Gasteiger charge is -2.36. The van der Waals surface area contributed by atoms with Crippen LogP contribution in [-0.2, 0) is 6.67 Å². The van der Waals surface area contributed by atoms with Gasteiger partial charge in [0.15, 0.2) is 0 Å². The van der Waals surface area contributed by atoms with E-state index in [4.69, 9.17) is 0 Å². The van der Waals surface area contributed by atoms with Gasteiger partial charge in [-0.25, -0.2) is 4.79 Å². The first-order valence-corrected chi connectivity index (χ1v) is 7.48. The molecule has 0 aromatic carbocycles. The maximum Gasteiger partial charge on any atom is 0.320 e. The van der Waals surface area contributed by atoms with Crippen LogP contribution in [-0.4, -0.2) is 74.7 Å². The summed E-state index contributed by atoms with van der Waals surface area (Å²) in [4.78, 5) is 28.2. The molecule has 22 heavy (non-hydrogen) atoms. The Morgan fingerprint density at radius 1 is 1.32 bits per heavy atom. The molecule has 0 bridgehead atoms. The average molecular weight is 310 g/mol. The molecule has 1 fully saturated rings. The summed E-state index contributed by atoms with van der Waals surface area (Å²) in [7, 11) is 0. The van der Waals surface area contributed by atoms with Gasteiger partial charge in [0.05, 0.1) is 11.6 Å². The number of hydrogen-bond donors (Lipinski definition) is 0. The SMILES string of the molecule is CCN(CC)C(=O)N1CCN(Cn2cc([N+](=O)[O-])cn2)CC1. The molecule has 2 heterocycles. The van der Waals surface area contributed by atoms with E-state index in [1.54, 1.807) is 4.68 Å². The maximum atomic E-state index is 12.2. The normalized spacial score (nSPS) is 15.8. The van der Waals surface area contributed by atoms with E-state index in [2.05, 4.69) is 10.00 Å². The molecule has 1 saturated heterocycles. The standard InChI is InChI=1S/C13H22N6O3/c1-3-16(4-2)13(20)17-7-5-15(6-8-17)11-18-10-12(9-14-18)19(21)22/h9-10H,3-8,11H2,1-2H3. The second-order valence-corrected chi connectivity index (χ2v) is 5.20. The monoisotopic (exact) mass is 310 g/mol. The molecule has 0 atom stereocenters. The number of aromatic nitrogens is 2. The van der Waals surface area contributed by atoms with Gasteiger partial charge in [0, 0.05) is 39.3 Å². The second kappa shape index (κ2) is 7.21. The van der Waals surface area contributed by atoms with Gasteiger partial charge in [0.25, 0.3) is 0 Å². The van der Waals surface area contributed by atoms with Gasteiger partial charge in [-0.05, 0) is 13.8 Å². The molecule has 9 nitrogen and oxygen atoms in total. The van der Waals surface area contributed by atoms with Gasteiger partial charge in [-0.15, -0.1) is 0 Å². The summed E-state index contributed by atoms with van der Waals surface area (Å²) in [5.41, 5.74) is -0.00431. The summed E-state index contributed by atoms with van der Waals surface area (Å²) in [6, 6.07) is 0.0828. The Balaban J connectivity index is 1.84. The third-order valence-electron chi connectivity index (χ3n) is 3.85. The Hall–Kier alpha value is -2.16. The molecule has 2 rings (SSSR count). The molecule has 0 spiro atoms. The average Bonchev–Trinajstić information content (AvgIpc) is 2.98. The molecule has 2 amide bonds. The molecule has 1 aliphatic heterocycles. The number of piperazine rings is 1. The van der Waals surface area contributed by atoms with Crippen LogP contribution >= 0.6 is 0 Å². The first-order chi connectivity index (χ1) is 10.5. The molecular weight excluding hydrogens is 288 g/mol. The van der Waals surface area contributed by atoms with Gasteiger partial charge in [-0.3, -0.25) is 19.7 Å². The second-order valence-electron chi connectivity index (χ2n) is 5.20. The van der Waals surface area contributed by atoms with Gasteiger partial charge in [0.1, 0.15) is 12.4 Å². The van der Waals surface area contributed by atoms with Gasteiger partial charge in [0.2, 0.25) is 0 Å². The zero-order chi connectivity index (χ0) is 16.1. The first-order valence-electron chi connectivity index (χ1n) is 7.48. The van der Waals surface area contributed by atoms with Crippen molar-refractivity contribution >= 4 is 11.7 Å². The highest BCUT2D eigenvalue weighted by atomic mass is 16.6. The number of urea groups is 1. The smallest absolute Gasteiger partial charge is 0.320 e. The molecule has 9 heteroatoms. The molecule has 0 radical (unpaired) electrons. The third-order valence-corrected chi connectivity index (χ3v) is 3.85. The van der Waals surface area contributed by atoms with Crippen LogP contribution in [0.1, 0.15) is 13.8 Å². The van der Waals surface area contributed by atoms with E-state index in [0.29, 0.717) is 32.8 Å². The molecule has 1 aromatic heterocycles. The lowest BCUT2D eigenvalue weighted by Crippen LogP contribution is -2.52. The zero-order valence-corrected chi connectivity index (χ0v) is 13.0. The number of carbonyl (C=O) groups is 1. The van der Waals surface area contributed by atoms with Crippen molar-refractivity contribution in [2.75, 3.05) is 39.3 Å².